The molecule has 0 amide bonds. The first-order chi connectivity index (χ1) is 8.83. The third kappa shape index (κ3) is 1.47. The molecule has 2 bridgehead atoms. The van der Waals surface area contributed by atoms with Gasteiger partial charge in [0, 0.05) is 12.7 Å². The molecule has 94 valence electrons. The van der Waals surface area contributed by atoms with Gasteiger partial charge in [0.05, 0.1) is 23.3 Å². The highest BCUT2D eigenvalue weighted by Gasteiger charge is 2.35. The van der Waals surface area contributed by atoms with E-state index in [2.05, 4.69) is 25.5 Å². The molecule has 3 saturated heterocycles. The van der Waals surface area contributed by atoms with Crippen molar-refractivity contribution in [2.45, 2.75) is 18.9 Å². The second kappa shape index (κ2) is 3.90. The Morgan fingerprint density at radius 3 is 2.89 bits per heavy atom. The zero-order valence-corrected chi connectivity index (χ0v) is 11.0. The molecule has 3 fully saturated rings. The molecule has 3 aliphatic heterocycles. The minimum absolute atomic E-state index is 0.538. The average molecular weight is 260 g/mol. The molecule has 3 aliphatic rings. The van der Waals surface area contributed by atoms with Crippen LogP contribution in [0.2, 0.25) is 0 Å². The summed E-state index contributed by atoms with van der Waals surface area (Å²) in [7, 11) is 0. The third-order valence-electron chi connectivity index (χ3n) is 4.47. The topological polar surface area (TPSA) is 36.9 Å². The van der Waals surface area contributed by atoms with E-state index in [1.54, 1.807) is 0 Å². The van der Waals surface area contributed by atoms with Crippen molar-refractivity contribution in [3.05, 3.63) is 23.2 Å². The molecule has 18 heavy (non-hydrogen) atoms. The third-order valence-corrected chi connectivity index (χ3v) is 4.77. The van der Waals surface area contributed by atoms with E-state index >= 15 is 0 Å². The number of H-pyrrole nitrogens is 1. The normalized spacial score (nSPS) is 31.0. The largest absolute Gasteiger partial charge is 0.329 e. The lowest BCUT2D eigenvalue weighted by Gasteiger charge is -2.45. The Kier molecular flexibility index (Phi) is 2.32. The Hall–Kier alpha value is -1.20. The Morgan fingerprint density at radius 2 is 2.17 bits per heavy atom. The van der Waals surface area contributed by atoms with Crippen LogP contribution in [0.4, 0.5) is 0 Å². The van der Waals surface area contributed by atoms with E-state index in [1.807, 2.05) is 12.4 Å². The first kappa shape index (κ1) is 10.7. The summed E-state index contributed by atoms with van der Waals surface area (Å²) >= 11 is 5.51. The van der Waals surface area contributed by atoms with Crippen LogP contribution in [-0.4, -0.2) is 39.1 Å². The number of aromatic amines is 1. The van der Waals surface area contributed by atoms with E-state index < -0.39 is 0 Å². The number of hydrogen-bond donors (Lipinski definition) is 1. The van der Waals surface area contributed by atoms with E-state index in [4.69, 9.17) is 12.2 Å². The lowest BCUT2D eigenvalue weighted by atomic mass is 9.84. The summed E-state index contributed by atoms with van der Waals surface area (Å²) < 4.78 is 3.17. The quantitative estimate of drug-likeness (QED) is 0.800. The maximum atomic E-state index is 5.51. The van der Waals surface area contributed by atoms with Crippen LogP contribution in [0.3, 0.4) is 0 Å². The van der Waals surface area contributed by atoms with Crippen molar-refractivity contribution < 1.29 is 0 Å². The molecule has 2 aromatic heterocycles. The molecule has 2 aromatic rings. The molecule has 1 unspecified atom stereocenters. The van der Waals surface area contributed by atoms with Crippen molar-refractivity contribution >= 4 is 23.3 Å². The minimum Gasteiger partial charge on any atom is -0.329 e. The molecule has 5 rings (SSSR count). The summed E-state index contributed by atoms with van der Waals surface area (Å²) in [4.78, 5) is 10.0. The van der Waals surface area contributed by atoms with Crippen LogP contribution >= 0.6 is 12.2 Å². The van der Waals surface area contributed by atoms with Gasteiger partial charge in [-0.05, 0) is 50.1 Å². The molecule has 0 radical (unpaired) electrons. The first-order valence-electron chi connectivity index (χ1n) is 6.59. The van der Waals surface area contributed by atoms with Gasteiger partial charge in [0.1, 0.15) is 0 Å². The SMILES string of the molecule is S=c1[nH]c2cnccc2n1C1CN2CCC1CC2. The predicted molar refractivity (Wildman–Crippen MR) is 73.1 cm³/mol. The fourth-order valence-corrected chi connectivity index (χ4v) is 3.88. The van der Waals surface area contributed by atoms with Crippen LogP contribution in [-0.2, 0) is 0 Å². The number of nitrogens with one attached hydrogen (secondary N) is 1. The predicted octanol–water partition coefficient (Wildman–Crippen LogP) is 2.36. The number of hydrogen-bond acceptors (Lipinski definition) is 3. The van der Waals surface area contributed by atoms with Crippen molar-refractivity contribution in [1.29, 1.82) is 0 Å². The van der Waals surface area contributed by atoms with Crippen LogP contribution in [0.15, 0.2) is 18.5 Å². The molecule has 0 aliphatic carbocycles. The molecular weight excluding hydrogens is 244 g/mol. The maximum absolute atomic E-state index is 5.51. The second-order valence-corrected chi connectivity index (χ2v) is 5.79. The molecule has 1 N–H and O–H groups in total. The summed E-state index contributed by atoms with van der Waals surface area (Å²) in [6.07, 6.45) is 6.33. The van der Waals surface area contributed by atoms with E-state index in [-0.39, 0.29) is 0 Å². The molecule has 1 atom stereocenters. The maximum Gasteiger partial charge on any atom is 0.178 e. The standard InChI is InChI=1S/C13H16N4S/c18-13-15-10-7-14-4-1-11(10)17(13)12-8-16-5-2-9(12)3-6-16/h1,4,7,9,12H,2-3,5-6,8H2,(H,15,18). The lowest BCUT2D eigenvalue weighted by Crippen LogP contribution is -2.48. The highest BCUT2D eigenvalue weighted by atomic mass is 32.1. The van der Waals surface area contributed by atoms with Crippen LogP contribution in [0.5, 0.6) is 0 Å². The first-order valence-corrected chi connectivity index (χ1v) is 7.00. The molecular formula is C13H16N4S. The van der Waals surface area contributed by atoms with Gasteiger partial charge in [-0.1, -0.05) is 0 Å². The zero-order chi connectivity index (χ0) is 12.1. The molecule has 0 spiro atoms. The molecule has 0 saturated carbocycles. The summed E-state index contributed by atoms with van der Waals surface area (Å²) in [6, 6.07) is 2.61. The average Bonchev–Trinajstić information content (AvgIpc) is 2.75. The molecule has 4 nitrogen and oxygen atoms in total. The van der Waals surface area contributed by atoms with Crippen molar-refractivity contribution in [1.82, 2.24) is 19.4 Å². The van der Waals surface area contributed by atoms with E-state index in [0.717, 1.165) is 22.8 Å². The van der Waals surface area contributed by atoms with Gasteiger partial charge in [0.25, 0.3) is 0 Å². The number of pyridine rings is 1. The number of piperidine rings is 3. The Bertz CT molecular complexity index is 636. The smallest absolute Gasteiger partial charge is 0.178 e. The highest BCUT2D eigenvalue weighted by molar-refractivity contribution is 7.71. The number of imidazole rings is 1. The van der Waals surface area contributed by atoms with Gasteiger partial charge in [0.2, 0.25) is 0 Å². The summed E-state index contributed by atoms with van der Waals surface area (Å²) in [5.41, 5.74) is 2.26. The lowest BCUT2D eigenvalue weighted by molar-refractivity contribution is 0.0582. The highest BCUT2D eigenvalue weighted by Crippen LogP contribution is 2.37. The van der Waals surface area contributed by atoms with Gasteiger partial charge in [-0.25, -0.2) is 0 Å². The molecule has 5 heteroatoms. The zero-order valence-electron chi connectivity index (χ0n) is 10.2. The van der Waals surface area contributed by atoms with Crippen LogP contribution in [0, 0.1) is 10.7 Å². The van der Waals surface area contributed by atoms with E-state index in [0.29, 0.717) is 6.04 Å². The Labute approximate surface area is 111 Å². The van der Waals surface area contributed by atoms with Gasteiger partial charge < -0.3 is 14.5 Å². The van der Waals surface area contributed by atoms with Crippen LogP contribution in [0.25, 0.3) is 11.0 Å². The van der Waals surface area contributed by atoms with Crippen LogP contribution < -0.4 is 0 Å². The molecule has 0 aromatic carbocycles. The van der Waals surface area contributed by atoms with E-state index in [9.17, 15) is 0 Å². The fourth-order valence-electron chi connectivity index (χ4n) is 3.53. The van der Waals surface area contributed by atoms with Crippen molar-refractivity contribution in [3.8, 4) is 0 Å². The van der Waals surface area contributed by atoms with Gasteiger partial charge in [0.15, 0.2) is 4.77 Å². The molecule has 5 heterocycles. The van der Waals surface area contributed by atoms with Crippen molar-refractivity contribution in [2.24, 2.45) is 5.92 Å². The Morgan fingerprint density at radius 1 is 1.33 bits per heavy atom. The van der Waals surface area contributed by atoms with Gasteiger partial charge in [-0.3, -0.25) is 4.98 Å². The van der Waals surface area contributed by atoms with E-state index in [1.165, 1.54) is 31.4 Å². The Balaban J connectivity index is 1.87. The number of rotatable bonds is 1. The number of nitrogens with zero attached hydrogens (tertiary/aromatic N) is 3. The van der Waals surface area contributed by atoms with Crippen molar-refractivity contribution in [3.63, 3.8) is 0 Å². The van der Waals surface area contributed by atoms with Crippen LogP contribution in [0.1, 0.15) is 18.9 Å². The minimum atomic E-state index is 0.538. The summed E-state index contributed by atoms with van der Waals surface area (Å²) in [5, 5.41) is 0. The monoisotopic (exact) mass is 260 g/mol. The van der Waals surface area contributed by atoms with Crippen molar-refractivity contribution in [2.75, 3.05) is 19.6 Å². The summed E-state index contributed by atoms with van der Waals surface area (Å²) in [5.74, 6) is 0.786. The van der Waals surface area contributed by atoms with Gasteiger partial charge >= 0.3 is 0 Å². The van der Waals surface area contributed by atoms with Gasteiger partial charge in [-0.15, -0.1) is 0 Å². The second-order valence-electron chi connectivity index (χ2n) is 5.40. The summed E-state index contributed by atoms with van der Waals surface area (Å²) in [6.45, 7) is 3.67. The number of aromatic nitrogens is 3. The van der Waals surface area contributed by atoms with Gasteiger partial charge in [-0.2, -0.15) is 0 Å². The fraction of sp³-hybridized carbons (Fsp3) is 0.538. The number of fused-ring (bicyclic) bond motifs is 4.